The van der Waals surface area contributed by atoms with Crippen LogP contribution in [-0.2, 0) is 6.54 Å². The lowest BCUT2D eigenvalue weighted by molar-refractivity contribution is 0.0604. The Morgan fingerprint density at radius 2 is 1.80 bits per heavy atom. The molecule has 1 saturated carbocycles. The van der Waals surface area contributed by atoms with E-state index in [1.54, 1.807) is 0 Å². The highest BCUT2D eigenvalue weighted by Crippen LogP contribution is 2.38. The van der Waals surface area contributed by atoms with Gasteiger partial charge in [-0.25, -0.2) is 9.97 Å². The van der Waals surface area contributed by atoms with Gasteiger partial charge in [-0.15, -0.1) is 11.3 Å². The molecule has 2 aromatic carbocycles. The molecule has 0 atom stereocenters. The number of nitrogens with zero attached hydrogens (tertiary/aromatic N) is 4. The number of amides is 1. The Balaban J connectivity index is 1.52. The quantitative estimate of drug-likeness (QED) is 0.240. The lowest BCUT2D eigenvalue weighted by Crippen LogP contribution is -2.44. The van der Waals surface area contributed by atoms with E-state index < -0.39 is 0 Å². The number of benzene rings is 2. The van der Waals surface area contributed by atoms with Gasteiger partial charge in [0.25, 0.3) is 5.91 Å². The Labute approximate surface area is 245 Å². The van der Waals surface area contributed by atoms with Crippen LogP contribution in [0.2, 0.25) is 5.02 Å². The maximum absolute atomic E-state index is 14.3. The van der Waals surface area contributed by atoms with Gasteiger partial charge >= 0.3 is 0 Å². The van der Waals surface area contributed by atoms with Crippen molar-refractivity contribution in [1.82, 2.24) is 20.2 Å². The second kappa shape index (κ2) is 12.5. The van der Waals surface area contributed by atoms with E-state index in [0.29, 0.717) is 35.0 Å². The molecule has 9 heteroatoms. The zero-order valence-corrected chi connectivity index (χ0v) is 25.1. The number of nitrogens with one attached hydrogen (secondary N) is 1. The Morgan fingerprint density at radius 1 is 1.07 bits per heavy atom. The molecule has 7 nitrogen and oxygen atoms in total. The Bertz CT molecular complexity index is 1460. The second-order valence-corrected chi connectivity index (χ2v) is 11.8. The molecule has 0 spiro atoms. The highest BCUT2D eigenvalue weighted by molar-refractivity contribution is 7.21. The summed E-state index contributed by atoms with van der Waals surface area (Å²) in [6.45, 7) is 2.94. The molecule has 5 rings (SSSR count). The van der Waals surface area contributed by atoms with Crippen molar-refractivity contribution in [3.05, 3.63) is 70.3 Å². The number of aromatic nitrogens is 2. The number of hydrogen-bond acceptors (Lipinski definition) is 7. The molecule has 0 bridgehead atoms. The first-order chi connectivity index (χ1) is 19.4. The maximum atomic E-state index is 14.3. The molecule has 0 aliphatic heterocycles. The van der Waals surface area contributed by atoms with Gasteiger partial charge in [0.2, 0.25) is 5.95 Å². The van der Waals surface area contributed by atoms with E-state index in [2.05, 4.69) is 21.4 Å². The van der Waals surface area contributed by atoms with Crippen LogP contribution in [0, 0.1) is 0 Å². The molecule has 0 radical (unpaired) electrons. The maximum Gasteiger partial charge on any atom is 0.266 e. The average molecular weight is 578 g/mol. The fourth-order valence-electron chi connectivity index (χ4n) is 5.39. The number of ether oxygens (including phenoxy) is 1. The van der Waals surface area contributed by atoms with Gasteiger partial charge in [-0.1, -0.05) is 35.9 Å². The minimum Gasteiger partial charge on any atom is -0.494 e. The molecule has 1 amide bonds. The van der Waals surface area contributed by atoms with E-state index in [4.69, 9.17) is 16.3 Å². The highest BCUT2D eigenvalue weighted by Gasteiger charge is 2.32. The number of carbonyl (C=O) groups excluding carboxylic acids is 1. The Hall–Kier alpha value is -3.20. The lowest BCUT2D eigenvalue weighted by Gasteiger charge is -2.37. The van der Waals surface area contributed by atoms with Crippen molar-refractivity contribution >= 4 is 44.9 Å². The molecule has 4 aromatic rings. The van der Waals surface area contributed by atoms with Crippen molar-refractivity contribution in [2.45, 2.75) is 51.2 Å². The van der Waals surface area contributed by atoms with Gasteiger partial charge in [-0.3, -0.25) is 4.79 Å². The van der Waals surface area contributed by atoms with Gasteiger partial charge < -0.3 is 19.9 Å². The summed E-state index contributed by atoms with van der Waals surface area (Å²) in [6.07, 6.45) is 7.59. The van der Waals surface area contributed by atoms with Gasteiger partial charge in [0.1, 0.15) is 10.6 Å². The van der Waals surface area contributed by atoms with Gasteiger partial charge in [0.15, 0.2) is 0 Å². The molecule has 2 aromatic heterocycles. The van der Waals surface area contributed by atoms with E-state index in [9.17, 15) is 4.79 Å². The number of halogens is 1. The van der Waals surface area contributed by atoms with Crippen molar-refractivity contribution in [2.75, 3.05) is 32.6 Å². The third-order valence-electron chi connectivity index (χ3n) is 7.61. The molecule has 1 aliphatic rings. The molecule has 210 valence electrons. The smallest absolute Gasteiger partial charge is 0.266 e. The molecule has 1 aliphatic carbocycles. The number of hydrogen-bond donors (Lipinski definition) is 1. The van der Waals surface area contributed by atoms with Crippen LogP contribution in [0.1, 0.15) is 47.8 Å². The van der Waals surface area contributed by atoms with E-state index >= 15 is 0 Å². The van der Waals surface area contributed by atoms with Crippen LogP contribution >= 0.6 is 22.9 Å². The standard InChI is InChI=1S/C31H36ClN5O2S/c1-5-39-26-15-10-20(22-17-34-31(35-18-22)36(3)4)16-21(26)19-37(24-13-11-23(33-2)12-14-24)30(38)29-28(32)25-8-6-7-9-27(25)40-29/h6-10,15-18,23-24,33H,5,11-14,19H2,1-4H3/t23-,24-. The lowest BCUT2D eigenvalue weighted by atomic mass is 9.89. The molecule has 2 heterocycles. The van der Waals surface area contributed by atoms with Crippen molar-refractivity contribution < 1.29 is 9.53 Å². The summed E-state index contributed by atoms with van der Waals surface area (Å²) in [4.78, 5) is 27.8. The zero-order valence-electron chi connectivity index (χ0n) is 23.5. The minimum atomic E-state index is -0.0226. The van der Waals surface area contributed by atoms with E-state index in [1.165, 1.54) is 11.3 Å². The Morgan fingerprint density at radius 3 is 2.45 bits per heavy atom. The molecular weight excluding hydrogens is 542 g/mol. The summed E-state index contributed by atoms with van der Waals surface area (Å²) in [5, 5.41) is 4.87. The van der Waals surface area contributed by atoms with Crippen LogP contribution in [-0.4, -0.2) is 60.6 Å². The predicted molar refractivity (Wildman–Crippen MR) is 165 cm³/mol. The van der Waals surface area contributed by atoms with Crippen molar-refractivity contribution in [3.63, 3.8) is 0 Å². The van der Waals surface area contributed by atoms with Gasteiger partial charge in [-0.05, 0) is 63.4 Å². The summed E-state index contributed by atoms with van der Waals surface area (Å²) >= 11 is 8.29. The first-order valence-electron chi connectivity index (χ1n) is 13.8. The number of fused-ring (bicyclic) bond motifs is 1. The largest absolute Gasteiger partial charge is 0.494 e. The summed E-state index contributed by atoms with van der Waals surface area (Å²) < 4.78 is 7.07. The van der Waals surface area contributed by atoms with Crippen LogP contribution in [0.25, 0.3) is 21.2 Å². The fraction of sp³-hybridized carbons (Fsp3) is 0.387. The molecule has 0 unspecified atom stereocenters. The summed E-state index contributed by atoms with van der Waals surface area (Å²) in [5.41, 5.74) is 2.85. The van der Waals surface area contributed by atoms with E-state index in [1.807, 2.05) is 86.7 Å². The molecule has 40 heavy (non-hydrogen) atoms. The molecular formula is C31H36ClN5O2S. The molecule has 1 fully saturated rings. The number of anilines is 1. The van der Waals surface area contributed by atoms with Gasteiger partial charge in [-0.2, -0.15) is 0 Å². The third-order valence-corrected chi connectivity index (χ3v) is 9.27. The van der Waals surface area contributed by atoms with Gasteiger partial charge in [0.05, 0.1) is 11.6 Å². The van der Waals surface area contributed by atoms with Crippen LogP contribution in [0.3, 0.4) is 0 Å². The van der Waals surface area contributed by atoms with Gasteiger partial charge in [0, 0.05) is 66.3 Å². The summed E-state index contributed by atoms with van der Waals surface area (Å²) in [7, 11) is 5.85. The molecule has 1 N–H and O–H groups in total. The first-order valence-corrected chi connectivity index (χ1v) is 15.0. The highest BCUT2D eigenvalue weighted by atomic mass is 35.5. The topological polar surface area (TPSA) is 70.6 Å². The molecule has 0 saturated heterocycles. The van der Waals surface area contributed by atoms with E-state index in [-0.39, 0.29) is 11.9 Å². The second-order valence-electron chi connectivity index (χ2n) is 10.4. The SMILES string of the molecule is CCOc1ccc(-c2cnc(N(C)C)nc2)cc1CN(C(=O)c1sc2ccccc2c1Cl)[C@H]1CC[C@H](NC)CC1. The van der Waals surface area contributed by atoms with Crippen LogP contribution < -0.4 is 15.0 Å². The minimum absolute atomic E-state index is 0.0226. The van der Waals surface area contributed by atoms with Crippen molar-refractivity contribution in [3.8, 4) is 16.9 Å². The van der Waals surface area contributed by atoms with Crippen molar-refractivity contribution in [2.24, 2.45) is 0 Å². The van der Waals surface area contributed by atoms with E-state index in [0.717, 1.165) is 58.2 Å². The Kier molecular flexibility index (Phi) is 8.88. The normalized spacial score (nSPS) is 17.1. The van der Waals surface area contributed by atoms with Crippen LogP contribution in [0.15, 0.2) is 54.9 Å². The number of carbonyl (C=O) groups is 1. The zero-order chi connectivity index (χ0) is 28.2. The monoisotopic (exact) mass is 577 g/mol. The summed E-state index contributed by atoms with van der Waals surface area (Å²) in [6, 6.07) is 14.6. The fourth-order valence-corrected chi connectivity index (χ4v) is 6.86. The van der Waals surface area contributed by atoms with Crippen LogP contribution in [0.4, 0.5) is 5.95 Å². The number of rotatable bonds is 9. The third kappa shape index (κ3) is 5.94. The van der Waals surface area contributed by atoms with Crippen LogP contribution in [0.5, 0.6) is 5.75 Å². The number of thiophene rings is 1. The first kappa shape index (κ1) is 28.3. The summed E-state index contributed by atoms with van der Waals surface area (Å²) in [5.74, 6) is 1.41. The average Bonchev–Trinajstić information content (AvgIpc) is 3.33. The predicted octanol–water partition coefficient (Wildman–Crippen LogP) is 6.65. The van der Waals surface area contributed by atoms with Crippen molar-refractivity contribution in [1.29, 1.82) is 0 Å².